The third kappa shape index (κ3) is 4.34. The van der Waals surface area contributed by atoms with E-state index in [1.807, 2.05) is 0 Å². The summed E-state index contributed by atoms with van der Waals surface area (Å²) in [5.74, 6) is 0.380. The molecule has 2 rings (SSSR count). The lowest BCUT2D eigenvalue weighted by Crippen LogP contribution is -2.40. The number of hydrogen-bond acceptors (Lipinski definition) is 6. The molecule has 0 aliphatic rings. The molecule has 0 aromatic carbocycles. The summed E-state index contributed by atoms with van der Waals surface area (Å²) in [6, 6.07) is 1.51. The smallest absolute Gasteiger partial charge is 0.249 e. The van der Waals surface area contributed by atoms with Crippen molar-refractivity contribution in [2.45, 2.75) is 51.6 Å². The molecule has 2 aromatic heterocycles. The van der Waals surface area contributed by atoms with E-state index in [2.05, 4.69) is 49.0 Å². The summed E-state index contributed by atoms with van der Waals surface area (Å²) in [4.78, 5) is 3.89. The molecule has 0 fully saturated rings. The zero-order valence-electron chi connectivity index (χ0n) is 14.3. The van der Waals surface area contributed by atoms with Crippen LogP contribution in [-0.4, -0.2) is 28.6 Å². The molecule has 0 amide bonds. The highest BCUT2D eigenvalue weighted by Crippen LogP contribution is 2.37. The van der Waals surface area contributed by atoms with Crippen molar-refractivity contribution in [1.82, 2.24) is 15.2 Å². The van der Waals surface area contributed by atoms with Gasteiger partial charge in [0.2, 0.25) is 11.8 Å². The minimum atomic E-state index is -1.92. The van der Waals surface area contributed by atoms with Crippen molar-refractivity contribution < 1.29 is 13.9 Å². The highest BCUT2D eigenvalue weighted by atomic mass is 35.5. The van der Waals surface area contributed by atoms with E-state index in [4.69, 9.17) is 32.0 Å². The van der Waals surface area contributed by atoms with Crippen LogP contribution in [0, 0.1) is 0 Å². The Morgan fingerprint density at radius 2 is 1.96 bits per heavy atom. The van der Waals surface area contributed by atoms with Gasteiger partial charge in [0.25, 0.3) is 0 Å². The van der Waals surface area contributed by atoms with Crippen LogP contribution in [0.4, 0.5) is 0 Å². The van der Waals surface area contributed by atoms with E-state index in [1.54, 1.807) is 0 Å². The molecule has 0 saturated carbocycles. The molecule has 0 saturated heterocycles. The van der Waals surface area contributed by atoms with Crippen LogP contribution in [-0.2, 0) is 11.0 Å². The van der Waals surface area contributed by atoms with Crippen molar-refractivity contribution in [3.8, 4) is 0 Å². The Bertz CT molecular complexity index is 716. The highest BCUT2D eigenvalue weighted by Gasteiger charge is 2.37. The second kappa shape index (κ2) is 7.09. The minimum Gasteiger partial charge on any atom is -0.420 e. The predicted molar refractivity (Wildman–Crippen MR) is 94.6 cm³/mol. The van der Waals surface area contributed by atoms with Crippen LogP contribution in [0.5, 0.6) is 0 Å². The molecule has 0 aliphatic carbocycles. The molecule has 6 nitrogen and oxygen atoms in total. The second-order valence-electron chi connectivity index (χ2n) is 7.03. The molecule has 1 atom stereocenters. The van der Waals surface area contributed by atoms with Gasteiger partial charge in [-0.1, -0.05) is 44.0 Å². The zero-order chi connectivity index (χ0) is 18.1. The molecule has 0 spiro atoms. The first-order chi connectivity index (χ1) is 11.0. The Labute approximate surface area is 152 Å². The van der Waals surface area contributed by atoms with E-state index in [0.29, 0.717) is 11.5 Å². The maximum absolute atomic E-state index is 10.3. The molecule has 9 heteroatoms. The fourth-order valence-electron chi connectivity index (χ4n) is 1.62. The Kier molecular flexibility index (Phi) is 5.71. The maximum atomic E-state index is 10.3. The first-order valence-electron chi connectivity index (χ1n) is 7.46. The van der Waals surface area contributed by atoms with Gasteiger partial charge in [-0.3, -0.25) is 0 Å². The van der Waals surface area contributed by atoms with E-state index in [9.17, 15) is 5.11 Å². The molecule has 2 aromatic rings. The van der Waals surface area contributed by atoms with Crippen molar-refractivity contribution >= 4 is 31.5 Å². The normalized spacial score (nSPS) is 14.0. The standard InChI is InChI=1S/C15H21Cl2N3O3Si/c1-15(2,3)24(4,5)22-8-11-19-20-14(23-11)12(21)9-6-10(16)13(17)18-7-9/h6-7,12,21H,8H2,1-5H3. The van der Waals surface area contributed by atoms with Gasteiger partial charge in [0, 0.05) is 11.8 Å². The summed E-state index contributed by atoms with van der Waals surface area (Å²) in [6.07, 6.45) is 0.288. The Hall–Kier alpha value is -0.993. The molecule has 24 heavy (non-hydrogen) atoms. The first kappa shape index (κ1) is 19.3. The average molecular weight is 390 g/mol. The number of nitrogens with zero attached hydrogens (tertiary/aromatic N) is 3. The third-order valence-corrected chi connectivity index (χ3v) is 9.38. The van der Waals surface area contributed by atoms with Crippen molar-refractivity contribution in [3.05, 3.63) is 39.8 Å². The van der Waals surface area contributed by atoms with Crippen LogP contribution in [0.1, 0.15) is 44.2 Å². The lowest BCUT2D eigenvalue weighted by atomic mass is 10.2. The van der Waals surface area contributed by atoms with Gasteiger partial charge in [-0.05, 0) is 24.2 Å². The third-order valence-electron chi connectivity index (χ3n) is 4.21. The summed E-state index contributed by atoms with van der Waals surface area (Å²) in [5, 5.41) is 18.6. The number of aliphatic hydroxyl groups excluding tert-OH is 1. The SMILES string of the molecule is CC(C)(C)[Si](C)(C)OCc1nnc(C(O)c2cnc(Cl)c(Cl)c2)o1. The van der Waals surface area contributed by atoms with Gasteiger partial charge in [-0.25, -0.2) is 4.98 Å². The Balaban J connectivity index is 2.08. The van der Waals surface area contributed by atoms with E-state index in [0.717, 1.165) is 0 Å². The molecule has 1 unspecified atom stereocenters. The van der Waals surface area contributed by atoms with Gasteiger partial charge >= 0.3 is 0 Å². The van der Waals surface area contributed by atoms with Gasteiger partial charge in [-0.15, -0.1) is 10.2 Å². The lowest BCUT2D eigenvalue weighted by Gasteiger charge is -2.35. The molecule has 0 radical (unpaired) electrons. The van der Waals surface area contributed by atoms with Gasteiger partial charge in [0.15, 0.2) is 14.4 Å². The molecule has 0 aliphatic heterocycles. The number of aliphatic hydroxyl groups is 1. The molecule has 1 N–H and O–H groups in total. The number of rotatable bonds is 5. The van der Waals surface area contributed by atoms with Crippen molar-refractivity contribution in [1.29, 1.82) is 0 Å². The largest absolute Gasteiger partial charge is 0.420 e. The van der Waals surface area contributed by atoms with Crippen LogP contribution in [0.2, 0.25) is 28.3 Å². The van der Waals surface area contributed by atoms with Crippen molar-refractivity contribution in [2.24, 2.45) is 0 Å². The number of pyridine rings is 1. The van der Waals surface area contributed by atoms with E-state index >= 15 is 0 Å². The minimum absolute atomic E-state index is 0.0593. The number of aromatic nitrogens is 3. The second-order valence-corrected chi connectivity index (χ2v) is 12.6. The molecule has 0 bridgehead atoms. The lowest BCUT2D eigenvalue weighted by molar-refractivity contribution is 0.171. The van der Waals surface area contributed by atoms with E-state index < -0.39 is 14.4 Å². The van der Waals surface area contributed by atoms with Gasteiger partial charge in [0.05, 0.1) is 5.02 Å². The van der Waals surface area contributed by atoms with Crippen molar-refractivity contribution in [3.63, 3.8) is 0 Å². The quantitative estimate of drug-likeness (QED) is 0.603. The predicted octanol–water partition coefficient (Wildman–Crippen LogP) is 4.37. The van der Waals surface area contributed by atoms with Crippen LogP contribution in [0.25, 0.3) is 0 Å². The fraction of sp³-hybridized carbons (Fsp3) is 0.533. The van der Waals surface area contributed by atoms with Gasteiger partial charge < -0.3 is 13.9 Å². The summed E-state index contributed by atoms with van der Waals surface area (Å²) < 4.78 is 11.5. The van der Waals surface area contributed by atoms with Crippen LogP contribution >= 0.6 is 23.2 Å². The average Bonchev–Trinajstić information content (AvgIpc) is 2.95. The Morgan fingerprint density at radius 3 is 2.54 bits per heavy atom. The van der Waals surface area contributed by atoms with Gasteiger partial charge in [-0.2, -0.15) is 0 Å². The zero-order valence-corrected chi connectivity index (χ0v) is 16.8. The molecule has 2 heterocycles. The van der Waals surface area contributed by atoms with Crippen LogP contribution < -0.4 is 0 Å². The summed E-state index contributed by atoms with van der Waals surface area (Å²) >= 11 is 11.7. The first-order valence-corrected chi connectivity index (χ1v) is 11.1. The number of hydrogen-bond donors (Lipinski definition) is 1. The van der Waals surface area contributed by atoms with Crippen molar-refractivity contribution in [2.75, 3.05) is 0 Å². The summed E-state index contributed by atoms with van der Waals surface area (Å²) in [6.45, 7) is 11.0. The topological polar surface area (TPSA) is 81.3 Å². The van der Waals surface area contributed by atoms with Crippen LogP contribution in [0.15, 0.2) is 16.7 Å². The monoisotopic (exact) mass is 389 g/mol. The van der Waals surface area contributed by atoms with Crippen LogP contribution in [0.3, 0.4) is 0 Å². The summed E-state index contributed by atoms with van der Waals surface area (Å²) in [7, 11) is -1.92. The molecule has 132 valence electrons. The molecular formula is C15H21Cl2N3O3Si. The maximum Gasteiger partial charge on any atom is 0.249 e. The van der Waals surface area contributed by atoms with E-state index in [1.165, 1.54) is 12.3 Å². The number of halogens is 2. The molecular weight excluding hydrogens is 369 g/mol. The Morgan fingerprint density at radius 1 is 1.29 bits per heavy atom. The fourth-order valence-corrected chi connectivity index (χ4v) is 2.82. The summed E-state index contributed by atoms with van der Waals surface area (Å²) in [5.41, 5.74) is 0.421. The van der Waals surface area contributed by atoms with E-state index in [-0.39, 0.29) is 27.7 Å². The highest BCUT2D eigenvalue weighted by molar-refractivity contribution is 6.74. The van der Waals surface area contributed by atoms with Gasteiger partial charge in [0.1, 0.15) is 11.8 Å².